The molecule has 1 aromatic heterocycles. The summed E-state index contributed by atoms with van der Waals surface area (Å²) in [6, 6.07) is 13.5. The monoisotopic (exact) mass is 474 g/mol. The average molecular weight is 475 g/mol. The van der Waals surface area contributed by atoms with Crippen molar-refractivity contribution in [1.82, 2.24) is 9.88 Å². The molecule has 3 N–H and O–H groups in total. The van der Waals surface area contributed by atoms with Gasteiger partial charge >= 0.3 is 6.03 Å². The number of urea groups is 1. The topological polar surface area (TPSA) is 80.5 Å². The number of hydrogen-bond acceptors (Lipinski definition) is 5. The van der Waals surface area contributed by atoms with Gasteiger partial charge in [-0.15, -0.1) is 0 Å². The van der Waals surface area contributed by atoms with E-state index in [9.17, 15) is 13.6 Å². The van der Waals surface area contributed by atoms with Crippen molar-refractivity contribution in [2.45, 2.75) is 19.3 Å². The highest BCUT2D eigenvalue weighted by Gasteiger charge is 2.24. The number of nitrogens with two attached hydrogens (primary N) is 1. The standard InChI is InChI=1S/C13H17F2NO.C11H11N3OS/c1-17-7-6-16-5-4-11(9-16)10-2-3-12(14)13(15)8-10;1-7-9(14-11(12)15)16-10(13-7)8-5-3-2-4-6-8/h2-3,8,11H,4-7,9H2,1H3;2-6H,1H3,(H3,12,14,15). The van der Waals surface area contributed by atoms with Gasteiger partial charge in [0, 0.05) is 25.8 Å². The molecule has 1 aliphatic heterocycles. The van der Waals surface area contributed by atoms with E-state index in [0.717, 1.165) is 47.9 Å². The molecular formula is C24H28F2N4O2S. The van der Waals surface area contributed by atoms with Crippen LogP contribution in [0.3, 0.4) is 0 Å². The van der Waals surface area contributed by atoms with Crippen molar-refractivity contribution in [1.29, 1.82) is 0 Å². The van der Waals surface area contributed by atoms with Crippen LogP contribution in [0.4, 0.5) is 18.6 Å². The third-order valence-corrected chi connectivity index (χ3v) is 6.48. The quantitative estimate of drug-likeness (QED) is 0.526. The van der Waals surface area contributed by atoms with E-state index in [-0.39, 0.29) is 0 Å². The molecule has 1 atom stereocenters. The number of carbonyl (C=O) groups excluding carboxylic acids is 1. The molecule has 33 heavy (non-hydrogen) atoms. The minimum atomic E-state index is -0.775. The fourth-order valence-electron chi connectivity index (χ4n) is 3.62. The molecule has 0 spiro atoms. The van der Waals surface area contributed by atoms with Gasteiger partial charge in [-0.1, -0.05) is 47.7 Å². The SMILES string of the molecule is COCCN1CCC(c2ccc(F)c(F)c2)C1.Cc1nc(-c2ccccc2)sc1NC(N)=O. The summed E-state index contributed by atoms with van der Waals surface area (Å²) < 4.78 is 31.0. The first kappa shape index (κ1) is 24.8. The Kier molecular flexibility index (Phi) is 8.87. The summed E-state index contributed by atoms with van der Waals surface area (Å²) in [6.07, 6.45) is 0.995. The minimum absolute atomic E-state index is 0.307. The molecular weight excluding hydrogens is 446 g/mol. The van der Waals surface area contributed by atoms with Gasteiger partial charge in [-0.3, -0.25) is 5.32 Å². The summed E-state index contributed by atoms with van der Waals surface area (Å²) in [4.78, 5) is 17.4. The van der Waals surface area contributed by atoms with Crippen molar-refractivity contribution in [3.05, 3.63) is 71.4 Å². The Labute approximate surface area is 196 Å². The number of ether oxygens (including phenoxy) is 1. The first-order valence-corrected chi connectivity index (χ1v) is 11.4. The maximum Gasteiger partial charge on any atom is 0.317 e. The van der Waals surface area contributed by atoms with E-state index in [1.54, 1.807) is 13.2 Å². The third kappa shape index (κ3) is 7.05. The van der Waals surface area contributed by atoms with Gasteiger partial charge in [-0.2, -0.15) is 0 Å². The van der Waals surface area contributed by atoms with Gasteiger partial charge in [0.05, 0.1) is 12.3 Å². The summed E-state index contributed by atoms with van der Waals surface area (Å²) >= 11 is 1.42. The lowest BCUT2D eigenvalue weighted by Crippen LogP contribution is -2.24. The molecule has 1 fully saturated rings. The van der Waals surface area contributed by atoms with Crippen molar-refractivity contribution < 1.29 is 18.3 Å². The number of aromatic nitrogens is 1. The summed E-state index contributed by atoms with van der Waals surface area (Å²) in [7, 11) is 1.68. The molecule has 0 radical (unpaired) electrons. The second-order valence-electron chi connectivity index (χ2n) is 7.74. The van der Waals surface area contributed by atoms with Crippen LogP contribution in [0.1, 0.15) is 23.6 Å². The second-order valence-corrected chi connectivity index (χ2v) is 8.74. The van der Waals surface area contributed by atoms with E-state index in [1.807, 2.05) is 37.3 Å². The number of primary amides is 1. The average Bonchev–Trinajstić information content (AvgIpc) is 3.42. The number of halogens is 2. The molecule has 1 unspecified atom stereocenters. The molecule has 0 bridgehead atoms. The summed E-state index contributed by atoms with van der Waals surface area (Å²) in [5.74, 6) is -1.22. The van der Waals surface area contributed by atoms with Gasteiger partial charge in [-0.25, -0.2) is 18.6 Å². The lowest BCUT2D eigenvalue weighted by molar-refractivity contribution is 0.160. The predicted molar refractivity (Wildman–Crippen MR) is 128 cm³/mol. The molecule has 6 nitrogen and oxygen atoms in total. The van der Waals surface area contributed by atoms with Crippen molar-refractivity contribution >= 4 is 22.4 Å². The highest BCUT2D eigenvalue weighted by atomic mass is 32.1. The Bertz CT molecular complexity index is 1060. The number of nitrogens with one attached hydrogen (secondary N) is 1. The first-order chi connectivity index (χ1) is 15.9. The number of amides is 2. The Morgan fingerprint density at radius 3 is 2.67 bits per heavy atom. The number of rotatable bonds is 6. The van der Waals surface area contributed by atoms with Crippen LogP contribution in [0, 0.1) is 18.6 Å². The van der Waals surface area contributed by atoms with Gasteiger partial charge in [0.15, 0.2) is 11.6 Å². The van der Waals surface area contributed by atoms with Crippen LogP contribution in [-0.2, 0) is 4.74 Å². The number of nitrogens with zero attached hydrogens (tertiary/aromatic N) is 2. The lowest BCUT2D eigenvalue weighted by Gasteiger charge is -2.15. The molecule has 0 saturated carbocycles. The highest BCUT2D eigenvalue weighted by molar-refractivity contribution is 7.19. The fraction of sp³-hybridized carbons (Fsp3) is 0.333. The molecule has 2 aromatic carbocycles. The Morgan fingerprint density at radius 2 is 2.00 bits per heavy atom. The van der Waals surface area contributed by atoms with Crippen molar-refractivity contribution in [2.75, 3.05) is 38.7 Å². The van der Waals surface area contributed by atoms with Crippen molar-refractivity contribution in [2.24, 2.45) is 5.73 Å². The zero-order valence-corrected chi connectivity index (χ0v) is 19.5. The van der Waals surface area contributed by atoms with Crippen LogP contribution in [0.2, 0.25) is 0 Å². The Balaban J connectivity index is 0.000000186. The molecule has 9 heteroatoms. The zero-order valence-electron chi connectivity index (χ0n) is 18.7. The molecule has 2 heterocycles. The number of aryl methyl sites for hydroxylation is 1. The van der Waals surface area contributed by atoms with Crippen LogP contribution in [0.25, 0.3) is 10.6 Å². The Morgan fingerprint density at radius 1 is 1.24 bits per heavy atom. The highest BCUT2D eigenvalue weighted by Crippen LogP contribution is 2.31. The zero-order chi connectivity index (χ0) is 23.8. The molecule has 1 aliphatic rings. The number of hydrogen-bond donors (Lipinski definition) is 2. The first-order valence-electron chi connectivity index (χ1n) is 10.6. The van der Waals surface area contributed by atoms with Gasteiger partial charge in [0.2, 0.25) is 0 Å². The summed E-state index contributed by atoms with van der Waals surface area (Å²) in [5, 5.41) is 4.14. The number of likely N-dealkylation sites (tertiary alicyclic amines) is 1. The number of anilines is 1. The van der Waals surface area contributed by atoms with Gasteiger partial charge in [0.1, 0.15) is 10.0 Å². The van der Waals surface area contributed by atoms with Crippen LogP contribution in [-0.4, -0.2) is 49.3 Å². The van der Waals surface area contributed by atoms with Gasteiger partial charge in [0.25, 0.3) is 0 Å². The van der Waals surface area contributed by atoms with Gasteiger partial charge in [-0.05, 0) is 43.5 Å². The predicted octanol–water partition coefficient (Wildman–Crippen LogP) is 5.01. The lowest BCUT2D eigenvalue weighted by atomic mass is 9.98. The fourth-order valence-corrected chi connectivity index (χ4v) is 4.60. The molecule has 4 rings (SSSR count). The van der Waals surface area contributed by atoms with E-state index >= 15 is 0 Å². The molecule has 3 aromatic rings. The van der Waals surface area contributed by atoms with E-state index < -0.39 is 17.7 Å². The Hall–Kier alpha value is -2.88. The number of methoxy groups -OCH3 is 1. The number of benzene rings is 2. The maximum atomic E-state index is 13.1. The van der Waals surface area contributed by atoms with Crippen LogP contribution >= 0.6 is 11.3 Å². The number of carbonyl (C=O) groups is 1. The smallest absolute Gasteiger partial charge is 0.317 e. The van der Waals surface area contributed by atoms with E-state index in [1.165, 1.54) is 23.5 Å². The third-order valence-electron chi connectivity index (χ3n) is 5.35. The van der Waals surface area contributed by atoms with Crippen LogP contribution in [0.5, 0.6) is 0 Å². The number of thiazole rings is 1. The molecule has 2 amide bonds. The van der Waals surface area contributed by atoms with Crippen molar-refractivity contribution in [3.8, 4) is 10.6 Å². The largest absolute Gasteiger partial charge is 0.383 e. The van der Waals surface area contributed by atoms with E-state index in [2.05, 4.69) is 15.2 Å². The normalized spacial score (nSPS) is 15.7. The molecule has 1 saturated heterocycles. The summed E-state index contributed by atoms with van der Waals surface area (Å²) in [5.41, 5.74) is 7.78. The van der Waals surface area contributed by atoms with Crippen LogP contribution < -0.4 is 11.1 Å². The second kappa shape index (κ2) is 11.8. The molecule has 0 aliphatic carbocycles. The minimum Gasteiger partial charge on any atom is -0.383 e. The van der Waals surface area contributed by atoms with Gasteiger partial charge < -0.3 is 15.4 Å². The summed E-state index contributed by atoms with van der Waals surface area (Å²) in [6.45, 7) is 5.34. The maximum absolute atomic E-state index is 13.1. The van der Waals surface area contributed by atoms with E-state index in [0.29, 0.717) is 17.5 Å². The van der Waals surface area contributed by atoms with Crippen LogP contribution in [0.15, 0.2) is 48.5 Å². The van der Waals surface area contributed by atoms with E-state index in [4.69, 9.17) is 10.5 Å². The van der Waals surface area contributed by atoms with Crippen molar-refractivity contribution in [3.63, 3.8) is 0 Å². The molecule has 176 valence electrons.